The number of hydrogen-bond donors (Lipinski definition) is 2. The molecule has 0 aliphatic rings. The maximum absolute atomic E-state index is 7.50. The number of nitroso groups, excluding NO2 is 2. The van der Waals surface area contributed by atoms with Crippen LogP contribution in [0.4, 0.5) is 0 Å². The van der Waals surface area contributed by atoms with Crippen molar-refractivity contribution in [1.29, 1.82) is 11.2 Å². The van der Waals surface area contributed by atoms with Gasteiger partial charge in [-0.3, -0.25) is 0 Å². The van der Waals surface area contributed by atoms with Crippen LogP contribution >= 0.6 is 0 Å². The predicted molar refractivity (Wildman–Crippen MR) is 104 cm³/mol. The van der Waals surface area contributed by atoms with Crippen LogP contribution in [0.2, 0.25) is 0 Å². The number of nitrogens with one attached hydrogen (secondary N) is 2. The van der Waals surface area contributed by atoms with Crippen molar-refractivity contribution in [1.82, 2.24) is 0 Å². The first kappa shape index (κ1) is 32.6. The second-order valence-electron chi connectivity index (χ2n) is 6.25. The molecule has 0 heterocycles. The van der Waals surface area contributed by atoms with Crippen molar-refractivity contribution in [2.24, 2.45) is 0 Å². The summed E-state index contributed by atoms with van der Waals surface area (Å²) in [5, 5.41) is 0. The molecule has 26 heavy (non-hydrogen) atoms. The smallest absolute Gasteiger partial charge is 0 e. The molecule has 0 saturated carbocycles. The SMILES string of the molecule is Cc1c(C)c(C)[c-](C)c1C.Cc1c(C)c(C)[c-](C)c1C.N=O.N=O.[Co].[Co]. The van der Waals surface area contributed by atoms with Crippen LogP contribution in [-0.2, 0) is 33.6 Å². The molecule has 2 rings (SSSR count). The average Bonchev–Trinajstić information content (AvgIpc) is 2.89. The molecule has 2 aromatic carbocycles. The van der Waals surface area contributed by atoms with E-state index in [1.54, 1.807) is 0 Å². The molecule has 0 aliphatic carbocycles. The van der Waals surface area contributed by atoms with Crippen LogP contribution in [0.15, 0.2) is 0 Å². The van der Waals surface area contributed by atoms with Gasteiger partial charge in [-0.1, -0.05) is 80.4 Å². The summed E-state index contributed by atoms with van der Waals surface area (Å²) in [4.78, 5) is 15.0. The Bertz CT molecular complexity index is 456. The van der Waals surface area contributed by atoms with Gasteiger partial charge in [0.05, 0.1) is 0 Å². The van der Waals surface area contributed by atoms with E-state index in [1.165, 1.54) is 55.6 Å². The summed E-state index contributed by atoms with van der Waals surface area (Å²) in [6.07, 6.45) is 0. The van der Waals surface area contributed by atoms with Gasteiger partial charge < -0.3 is 0 Å². The van der Waals surface area contributed by atoms with E-state index in [9.17, 15) is 0 Å². The quantitative estimate of drug-likeness (QED) is 0.352. The van der Waals surface area contributed by atoms with E-state index in [4.69, 9.17) is 9.81 Å². The van der Waals surface area contributed by atoms with Crippen LogP contribution in [-0.4, -0.2) is 0 Å². The molecule has 2 radical (unpaired) electrons. The molecule has 0 atom stereocenters. The van der Waals surface area contributed by atoms with Crippen LogP contribution in [0, 0.1) is 90.2 Å². The molecule has 0 bridgehead atoms. The third kappa shape index (κ3) is 7.27. The Hall–Kier alpha value is -1.09. The molecule has 0 unspecified atom stereocenters. The Morgan fingerprint density at radius 1 is 0.462 bits per heavy atom. The van der Waals surface area contributed by atoms with Gasteiger partial charge in [-0.05, 0) is 0 Å². The zero-order chi connectivity index (χ0) is 19.8. The summed E-state index contributed by atoms with van der Waals surface area (Å²) in [5.74, 6) is 0. The van der Waals surface area contributed by atoms with Crippen molar-refractivity contribution >= 4 is 0 Å². The van der Waals surface area contributed by atoms with Gasteiger partial charge in [-0.2, -0.15) is 65.4 Å². The zero-order valence-corrected chi connectivity index (χ0v) is 19.6. The molecule has 0 fully saturated rings. The van der Waals surface area contributed by atoms with Crippen LogP contribution < -0.4 is 0 Å². The molecule has 6 heteroatoms. The third-order valence-corrected chi connectivity index (χ3v) is 5.62. The maximum atomic E-state index is 7.50. The molecular weight excluding hydrogens is 418 g/mol. The molecular formula is C20H32Co2N2O2-2. The van der Waals surface area contributed by atoms with Gasteiger partial charge in [0.1, 0.15) is 0 Å². The van der Waals surface area contributed by atoms with Crippen molar-refractivity contribution in [3.05, 3.63) is 65.4 Å². The molecule has 154 valence electrons. The first-order valence-electron chi connectivity index (χ1n) is 7.91. The van der Waals surface area contributed by atoms with Gasteiger partial charge in [-0.15, -0.1) is 0 Å². The fraction of sp³-hybridized carbons (Fsp3) is 0.500. The first-order valence-corrected chi connectivity index (χ1v) is 7.91. The van der Waals surface area contributed by atoms with Crippen LogP contribution in [0.5, 0.6) is 0 Å². The van der Waals surface area contributed by atoms with Gasteiger partial charge >= 0.3 is 0 Å². The Morgan fingerprint density at radius 3 is 0.615 bits per heavy atom. The van der Waals surface area contributed by atoms with Crippen molar-refractivity contribution in [3.8, 4) is 0 Å². The minimum Gasteiger partial charge on any atom is -0.196 e. The fourth-order valence-corrected chi connectivity index (χ4v) is 2.81. The average molecular weight is 450 g/mol. The van der Waals surface area contributed by atoms with E-state index in [1.807, 2.05) is 0 Å². The Morgan fingerprint density at radius 2 is 0.577 bits per heavy atom. The molecule has 0 aliphatic heterocycles. The molecule has 2 N–H and O–H groups in total. The minimum absolute atomic E-state index is 0. The molecule has 2 aromatic rings. The number of hydrogen-bond acceptors (Lipinski definition) is 4. The maximum Gasteiger partial charge on any atom is 0 e. The van der Waals surface area contributed by atoms with E-state index >= 15 is 0 Å². The van der Waals surface area contributed by atoms with Crippen molar-refractivity contribution in [3.63, 3.8) is 0 Å². The molecule has 0 aromatic heterocycles. The Labute approximate surface area is 179 Å². The fourth-order valence-electron chi connectivity index (χ4n) is 2.81. The van der Waals surface area contributed by atoms with E-state index in [0.29, 0.717) is 0 Å². The van der Waals surface area contributed by atoms with Crippen molar-refractivity contribution in [2.45, 2.75) is 69.2 Å². The first-order chi connectivity index (χ1) is 11.1. The number of rotatable bonds is 0. The molecule has 0 spiro atoms. The van der Waals surface area contributed by atoms with Crippen molar-refractivity contribution in [2.75, 3.05) is 0 Å². The monoisotopic (exact) mass is 450 g/mol. The van der Waals surface area contributed by atoms with Crippen LogP contribution in [0.1, 0.15) is 55.6 Å². The van der Waals surface area contributed by atoms with E-state index in [-0.39, 0.29) is 33.6 Å². The normalized spacial score (nSPS) is 8.38. The van der Waals surface area contributed by atoms with Crippen LogP contribution in [0.25, 0.3) is 0 Å². The van der Waals surface area contributed by atoms with Crippen LogP contribution in [0.3, 0.4) is 0 Å². The summed E-state index contributed by atoms with van der Waals surface area (Å²) in [7, 11) is 0. The Balaban J connectivity index is -0.000000147. The summed E-state index contributed by atoms with van der Waals surface area (Å²) >= 11 is 0. The van der Waals surface area contributed by atoms with Gasteiger partial charge in [0.15, 0.2) is 0 Å². The summed E-state index contributed by atoms with van der Waals surface area (Å²) in [6, 6.07) is 0. The van der Waals surface area contributed by atoms with E-state index < -0.39 is 0 Å². The van der Waals surface area contributed by atoms with E-state index in [2.05, 4.69) is 80.4 Å². The summed E-state index contributed by atoms with van der Waals surface area (Å²) in [6.45, 7) is 22.0. The van der Waals surface area contributed by atoms with Gasteiger partial charge in [0, 0.05) is 33.6 Å². The summed E-state index contributed by atoms with van der Waals surface area (Å²) < 4.78 is 0. The minimum atomic E-state index is 0. The summed E-state index contributed by atoms with van der Waals surface area (Å²) in [5.41, 5.74) is 23.7. The topological polar surface area (TPSA) is 81.8 Å². The molecule has 0 amide bonds. The molecule has 0 saturated heterocycles. The van der Waals surface area contributed by atoms with Gasteiger partial charge in [0.25, 0.3) is 0 Å². The zero-order valence-electron chi connectivity index (χ0n) is 17.5. The van der Waals surface area contributed by atoms with Crippen molar-refractivity contribution < 1.29 is 33.6 Å². The largest absolute Gasteiger partial charge is 0.196 e. The second-order valence-corrected chi connectivity index (χ2v) is 6.25. The Kier molecular flexibility index (Phi) is 18.8. The third-order valence-electron chi connectivity index (χ3n) is 5.62. The van der Waals surface area contributed by atoms with Gasteiger partial charge in [0.2, 0.25) is 0 Å². The van der Waals surface area contributed by atoms with E-state index in [0.717, 1.165) is 0 Å². The standard InChI is InChI=1S/2C10H15.2Co.2HNO/c2*1-6-7(2)9(4)10(5)8(6)3;;;2*1-2/h2*1-5H3;;;2*1H/q2*-1;;;;. The second kappa shape index (κ2) is 15.0. The predicted octanol–water partition coefficient (Wildman–Crippen LogP) is 6.55. The molecule has 4 nitrogen and oxygen atoms in total. The van der Waals surface area contributed by atoms with Gasteiger partial charge in [-0.25, -0.2) is 0 Å².